The number of nitrogens with zero attached hydrogens (tertiary/aromatic N) is 2. The van der Waals surface area contributed by atoms with E-state index in [4.69, 9.17) is 9.47 Å². The summed E-state index contributed by atoms with van der Waals surface area (Å²) in [6.45, 7) is 1.77. The van der Waals surface area contributed by atoms with E-state index in [0.29, 0.717) is 32.9 Å². The predicted molar refractivity (Wildman–Crippen MR) is 128 cm³/mol. The van der Waals surface area contributed by atoms with E-state index in [-0.39, 0.29) is 10.5 Å². The van der Waals surface area contributed by atoms with Crippen LogP contribution in [0.1, 0.15) is 21.5 Å². The first-order valence-corrected chi connectivity index (χ1v) is 12.2. The van der Waals surface area contributed by atoms with Crippen LogP contribution in [0.5, 0.6) is 5.75 Å². The molecule has 176 valence electrons. The summed E-state index contributed by atoms with van der Waals surface area (Å²) in [5.41, 5.74) is 4.50. The molecule has 9 heteroatoms. The van der Waals surface area contributed by atoms with Gasteiger partial charge < -0.3 is 9.47 Å². The average molecular weight is 480 g/mol. The minimum absolute atomic E-state index is 0.0668. The van der Waals surface area contributed by atoms with Gasteiger partial charge in [0.15, 0.2) is 0 Å². The predicted octanol–water partition coefficient (Wildman–Crippen LogP) is 3.05. The first-order valence-electron chi connectivity index (χ1n) is 10.8. The fraction of sp³-hybridized carbons (Fsp3) is 0.200. The van der Waals surface area contributed by atoms with Gasteiger partial charge in [0.05, 0.1) is 24.3 Å². The Balaban J connectivity index is 1.33. The number of ether oxygens (including phenoxy) is 2. The molecule has 0 aliphatic carbocycles. The van der Waals surface area contributed by atoms with E-state index in [1.807, 2.05) is 54.6 Å². The smallest absolute Gasteiger partial charge is 0.271 e. The summed E-state index contributed by atoms with van der Waals surface area (Å²) in [7, 11) is -3.69. The van der Waals surface area contributed by atoms with Crippen molar-refractivity contribution in [3.8, 4) is 5.75 Å². The highest BCUT2D eigenvalue weighted by Gasteiger charge is 2.26. The second kappa shape index (κ2) is 11.1. The Morgan fingerprint density at radius 1 is 1.00 bits per heavy atom. The van der Waals surface area contributed by atoms with E-state index >= 15 is 0 Å². The lowest BCUT2D eigenvalue weighted by atomic mass is 10.2. The van der Waals surface area contributed by atoms with Gasteiger partial charge in [-0.2, -0.15) is 9.41 Å². The molecule has 1 fully saturated rings. The molecule has 3 aromatic rings. The van der Waals surface area contributed by atoms with Gasteiger partial charge in [0, 0.05) is 18.7 Å². The molecule has 3 aromatic carbocycles. The molecule has 0 aromatic heterocycles. The van der Waals surface area contributed by atoms with Crippen LogP contribution in [-0.4, -0.2) is 51.1 Å². The molecule has 0 bridgehead atoms. The van der Waals surface area contributed by atoms with E-state index in [1.165, 1.54) is 22.7 Å². The summed E-state index contributed by atoms with van der Waals surface area (Å²) in [6.07, 6.45) is 1.51. The lowest BCUT2D eigenvalue weighted by Crippen LogP contribution is -2.40. The Labute approximate surface area is 198 Å². The SMILES string of the molecule is O=C(N/N=C\c1ccc(OCc2ccccc2)cc1)c1cccc(S(=O)(=O)N2CCOCC2)c1. The van der Waals surface area contributed by atoms with Crippen LogP contribution in [0.2, 0.25) is 0 Å². The zero-order valence-electron chi connectivity index (χ0n) is 18.5. The standard InChI is InChI=1S/C25H25N3O5S/c29-25(22-7-4-8-24(17-22)34(30,31)28-13-15-32-16-14-28)27-26-18-20-9-11-23(12-10-20)33-19-21-5-2-1-3-6-21/h1-12,17-18H,13-16,19H2,(H,27,29)/b26-18-. The van der Waals surface area contributed by atoms with Crippen LogP contribution in [0, 0.1) is 0 Å². The van der Waals surface area contributed by atoms with Gasteiger partial charge in [0.25, 0.3) is 5.91 Å². The van der Waals surface area contributed by atoms with Crippen LogP contribution in [0.4, 0.5) is 0 Å². The Kier molecular flexibility index (Phi) is 7.69. The van der Waals surface area contributed by atoms with Crippen molar-refractivity contribution < 1.29 is 22.7 Å². The molecular formula is C25H25N3O5S. The molecule has 4 rings (SSSR count). The highest BCUT2D eigenvalue weighted by molar-refractivity contribution is 7.89. The van der Waals surface area contributed by atoms with Gasteiger partial charge >= 0.3 is 0 Å². The third-order valence-corrected chi connectivity index (χ3v) is 7.11. The largest absolute Gasteiger partial charge is 0.489 e. The second-order valence-corrected chi connectivity index (χ2v) is 9.52. The summed E-state index contributed by atoms with van der Waals surface area (Å²) in [5, 5.41) is 3.98. The number of morpholine rings is 1. The van der Waals surface area contributed by atoms with Crippen molar-refractivity contribution in [1.82, 2.24) is 9.73 Å². The van der Waals surface area contributed by atoms with Gasteiger partial charge in [-0.25, -0.2) is 13.8 Å². The zero-order valence-corrected chi connectivity index (χ0v) is 19.3. The highest BCUT2D eigenvalue weighted by atomic mass is 32.2. The monoisotopic (exact) mass is 479 g/mol. The van der Waals surface area contributed by atoms with Gasteiger partial charge in [-0.15, -0.1) is 0 Å². The van der Waals surface area contributed by atoms with Crippen LogP contribution in [0.25, 0.3) is 0 Å². The Morgan fingerprint density at radius 2 is 1.74 bits per heavy atom. The molecule has 1 amide bonds. The lowest BCUT2D eigenvalue weighted by Gasteiger charge is -2.26. The molecule has 0 unspecified atom stereocenters. The van der Waals surface area contributed by atoms with E-state index in [1.54, 1.807) is 12.1 Å². The van der Waals surface area contributed by atoms with E-state index in [0.717, 1.165) is 16.9 Å². The molecule has 1 N–H and O–H groups in total. The number of rotatable bonds is 8. The van der Waals surface area contributed by atoms with Gasteiger partial charge in [0.2, 0.25) is 10.0 Å². The maximum atomic E-state index is 12.8. The van der Waals surface area contributed by atoms with Crippen LogP contribution in [0.3, 0.4) is 0 Å². The Bertz CT molecular complexity index is 1240. The summed E-state index contributed by atoms with van der Waals surface area (Å²) < 4.78 is 38.0. The average Bonchev–Trinajstić information content (AvgIpc) is 2.89. The molecule has 34 heavy (non-hydrogen) atoms. The van der Waals surface area contributed by atoms with Crippen molar-refractivity contribution in [2.24, 2.45) is 5.10 Å². The Morgan fingerprint density at radius 3 is 2.47 bits per heavy atom. The van der Waals surface area contributed by atoms with Gasteiger partial charge in [-0.1, -0.05) is 36.4 Å². The molecule has 8 nitrogen and oxygen atoms in total. The second-order valence-electron chi connectivity index (χ2n) is 7.59. The fourth-order valence-corrected chi connectivity index (χ4v) is 4.81. The minimum Gasteiger partial charge on any atom is -0.489 e. The quantitative estimate of drug-likeness (QED) is 0.396. The number of hydrogen-bond acceptors (Lipinski definition) is 6. The topological polar surface area (TPSA) is 97.3 Å². The third kappa shape index (κ3) is 6.07. The first-order chi connectivity index (χ1) is 16.5. The maximum Gasteiger partial charge on any atom is 0.271 e. The number of benzene rings is 3. The van der Waals surface area contributed by atoms with Crippen LogP contribution in [-0.2, 0) is 21.4 Å². The summed E-state index contributed by atoms with van der Waals surface area (Å²) in [6, 6.07) is 23.1. The van der Waals surface area contributed by atoms with Crippen molar-refractivity contribution in [3.63, 3.8) is 0 Å². The molecule has 1 aliphatic heterocycles. The van der Waals surface area contributed by atoms with E-state index in [9.17, 15) is 13.2 Å². The van der Waals surface area contributed by atoms with Crippen molar-refractivity contribution in [2.75, 3.05) is 26.3 Å². The molecule has 1 heterocycles. The summed E-state index contributed by atoms with van der Waals surface area (Å²) >= 11 is 0. The van der Waals surface area contributed by atoms with Gasteiger partial charge in [-0.3, -0.25) is 4.79 Å². The summed E-state index contributed by atoms with van der Waals surface area (Å²) in [4.78, 5) is 12.6. The molecule has 1 aliphatic rings. The fourth-order valence-electron chi connectivity index (χ4n) is 3.35. The molecule has 1 saturated heterocycles. The van der Waals surface area contributed by atoms with E-state index in [2.05, 4.69) is 10.5 Å². The molecule has 0 atom stereocenters. The van der Waals surface area contributed by atoms with Gasteiger partial charge in [-0.05, 0) is 53.6 Å². The van der Waals surface area contributed by atoms with Crippen molar-refractivity contribution in [2.45, 2.75) is 11.5 Å². The van der Waals surface area contributed by atoms with Crippen LogP contribution < -0.4 is 10.2 Å². The lowest BCUT2D eigenvalue weighted by molar-refractivity contribution is 0.0730. The number of nitrogens with one attached hydrogen (secondary N) is 1. The number of hydrogen-bond donors (Lipinski definition) is 1. The molecule has 0 radical (unpaired) electrons. The molecular weight excluding hydrogens is 454 g/mol. The normalized spacial score (nSPS) is 14.7. The number of sulfonamides is 1. The van der Waals surface area contributed by atoms with Crippen molar-refractivity contribution in [3.05, 3.63) is 95.6 Å². The van der Waals surface area contributed by atoms with Gasteiger partial charge in [0.1, 0.15) is 12.4 Å². The van der Waals surface area contributed by atoms with E-state index < -0.39 is 15.9 Å². The number of carbonyl (C=O) groups is 1. The van der Waals surface area contributed by atoms with Crippen LogP contribution >= 0.6 is 0 Å². The van der Waals surface area contributed by atoms with Crippen molar-refractivity contribution >= 4 is 22.1 Å². The highest BCUT2D eigenvalue weighted by Crippen LogP contribution is 2.18. The number of amides is 1. The number of hydrazone groups is 1. The van der Waals surface area contributed by atoms with Crippen LogP contribution in [0.15, 0.2) is 88.9 Å². The molecule has 0 saturated carbocycles. The zero-order chi connectivity index (χ0) is 23.8. The summed E-state index contributed by atoms with van der Waals surface area (Å²) in [5.74, 6) is 0.224. The molecule has 0 spiro atoms. The minimum atomic E-state index is -3.69. The Hall–Kier alpha value is -3.53. The third-order valence-electron chi connectivity index (χ3n) is 5.21. The van der Waals surface area contributed by atoms with Crippen molar-refractivity contribution in [1.29, 1.82) is 0 Å². The first kappa shape index (κ1) is 23.6. The number of carbonyl (C=O) groups excluding carboxylic acids is 1. The maximum absolute atomic E-state index is 12.8.